The van der Waals surface area contributed by atoms with Crippen LogP contribution >= 0.6 is 0 Å². The lowest BCUT2D eigenvalue weighted by atomic mass is 10.0. The van der Waals surface area contributed by atoms with Gasteiger partial charge in [0.15, 0.2) is 0 Å². The van der Waals surface area contributed by atoms with Crippen LogP contribution < -0.4 is 5.32 Å². The predicted molar refractivity (Wildman–Crippen MR) is 79.1 cm³/mol. The molecule has 0 aromatic heterocycles. The summed E-state index contributed by atoms with van der Waals surface area (Å²) in [6, 6.07) is -0.316. The Balaban J connectivity index is 1.99. The fraction of sp³-hybridized carbons (Fsp3) is 0.875. The molecule has 1 saturated carbocycles. The molecular weight excluding hydrogens is 252 g/mol. The highest BCUT2D eigenvalue weighted by Crippen LogP contribution is 2.31. The third-order valence-electron chi connectivity index (χ3n) is 4.54. The normalized spacial score (nSPS) is 31.6. The number of hydrogen-bond donors (Lipinski definition) is 1. The quantitative estimate of drug-likeness (QED) is 0.858. The first-order valence-electron chi connectivity index (χ1n) is 8.04. The molecule has 0 bridgehead atoms. The Morgan fingerprint density at radius 3 is 2.65 bits per heavy atom. The van der Waals surface area contributed by atoms with Crippen molar-refractivity contribution in [1.29, 1.82) is 0 Å². The van der Waals surface area contributed by atoms with Crippen molar-refractivity contribution in [1.82, 2.24) is 10.2 Å². The first-order valence-corrected chi connectivity index (χ1v) is 8.04. The molecule has 4 nitrogen and oxygen atoms in total. The zero-order valence-corrected chi connectivity index (χ0v) is 13.0. The fourth-order valence-corrected chi connectivity index (χ4v) is 3.51. The van der Waals surface area contributed by atoms with E-state index in [9.17, 15) is 9.59 Å². The summed E-state index contributed by atoms with van der Waals surface area (Å²) in [6.45, 7) is 7.90. The molecule has 3 atom stereocenters. The lowest BCUT2D eigenvalue weighted by Gasteiger charge is -2.27. The Morgan fingerprint density at radius 2 is 2.05 bits per heavy atom. The van der Waals surface area contributed by atoms with E-state index in [0.717, 1.165) is 18.9 Å². The Morgan fingerprint density at radius 1 is 1.30 bits per heavy atom. The lowest BCUT2D eigenvalue weighted by molar-refractivity contribution is -0.134. The monoisotopic (exact) mass is 280 g/mol. The molecule has 1 saturated heterocycles. The molecule has 0 spiro atoms. The molecule has 0 aromatic rings. The van der Waals surface area contributed by atoms with Gasteiger partial charge >= 0.3 is 0 Å². The SMILES string of the molecule is CC(C)CC1NC(=O)CCN(CC2CCC(C)C2)C1=O. The van der Waals surface area contributed by atoms with Gasteiger partial charge in [-0.15, -0.1) is 0 Å². The van der Waals surface area contributed by atoms with Crippen LogP contribution in [0.1, 0.15) is 52.9 Å². The van der Waals surface area contributed by atoms with Gasteiger partial charge in [-0.3, -0.25) is 9.59 Å². The molecular formula is C16H28N2O2. The van der Waals surface area contributed by atoms with E-state index in [1.165, 1.54) is 19.3 Å². The Bertz CT molecular complexity index is 367. The van der Waals surface area contributed by atoms with Crippen molar-refractivity contribution in [2.24, 2.45) is 17.8 Å². The molecule has 114 valence electrons. The van der Waals surface area contributed by atoms with E-state index in [1.807, 2.05) is 4.90 Å². The van der Waals surface area contributed by atoms with Crippen molar-refractivity contribution in [3.05, 3.63) is 0 Å². The molecule has 0 radical (unpaired) electrons. The summed E-state index contributed by atoms with van der Waals surface area (Å²) < 4.78 is 0. The highest BCUT2D eigenvalue weighted by atomic mass is 16.2. The van der Waals surface area contributed by atoms with Gasteiger partial charge in [-0.2, -0.15) is 0 Å². The van der Waals surface area contributed by atoms with Crippen LogP contribution in [0.2, 0.25) is 0 Å². The minimum absolute atomic E-state index is 0.0197. The molecule has 2 rings (SSSR count). The largest absolute Gasteiger partial charge is 0.344 e. The summed E-state index contributed by atoms with van der Waals surface area (Å²) in [6.07, 6.45) is 4.91. The van der Waals surface area contributed by atoms with Crippen LogP contribution in [0.25, 0.3) is 0 Å². The average Bonchev–Trinajstić information content (AvgIpc) is 2.72. The lowest BCUT2D eigenvalue weighted by Crippen LogP contribution is -2.46. The minimum atomic E-state index is -0.316. The van der Waals surface area contributed by atoms with Gasteiger partial charge in [-0.1, -0.05) is 27.2 Å². The molecule has 2 fully saturated rings. The number of nitrogens with one attached hydrogen (secondary N) is 1. The Hall–Kier alpha value is -1.06. The maximum atomic E-state index is 12.6. The standard InChI is InChI=1S/C16H28N2O2/c1-11(2)8-14-16(20)18(7-6-15(19)17-14)10-13-5-4-12(3)9-13/h11-14H,4-10H2,1-3H3,(H,17,19). The zero-order valence-electron chi connectivity index (χ0n) is 13.0. The maximum absolute atomic E-state index is 12.6. The number of nitrogens with zero attached hydrogens (tertiary/aromatic N) is 1. The summed E-state index contributed by atoms with van der Waals surface area (Å²) in [4.78, 5) is 26.3. The van der Waals surface area contributed by atoms with Crippen molar-refractivity contribution in [3.8, 4) is 0 Å². The van der Waals surface area contributed by atoms with Gasteiger partial charge < -0.3 is 10.2 Å². The van der Waals surface area contributed by atoms with Gasteiger partial charge in [-0.05, 0) is 37.0 Å². The van der Waals surface area contributed by atoms with E-state index >= 15 is 0 Å². The second-order valence-electron chi connectivity index (χ2n) is 7.07. The van der Waals surface area contributed by atoms with E-state index in [4.69, 9.17) is 0 Å². The number of carbonyl (C=O) groups excluding carboxylic acids is 2. The molecule has 3 unspecified atom stereocenters. The van der Waals surface area contributed by atoms with Gasteiger partial charge in [0.2, 0.25) is 11.8 Å². The van der Waals surface area contributed by atoms with Crippen molar-refractivity contribution >= 4 is 11.8 Å². The third kappa shape index (κ3) is 3.97. The van der Waals surface area contributed by atoms with E-state index in [-0.39, 0.29) is 17.9 Å². The fourth-order valence-electron chi connectivity index (χ4n) is 3.51. The molecule has 1 aliphatic carbocycles. The van der Waals surface area contributed by atoms with Crippen molar-refractivity contribution < 1.29 is 9.59 Å². The van der Waals surface area contributed by atoms with Crippen LogP contribution in [0.3, 0.4) is 0 Å². The average molecular weight is 280 g/mol. The zero-order chi connectivity index (χ0) is 14.7. The number of carbonyl (C=O) groups is 2. The summed E-state index contributed by atoms with van der Waals surface area (Å²) in [5, 5.41) is 2.89. The minimum Gasteiger partial charge on any atom is -0.344 e. The van der Waals surface area contributed by atoms with Crippen LogP contribution in [0.15, 0.2) is 0 Å². The molecule has 4 heteroatoms. The predicted octanol–water partition coefficient (Wildman–Crippen LogP) is 2.19. The molecule has 2 aliphatic rings. The smallest absolute Gasteiger partial charge is 0.245 e. The molecule has 2 amide bonds. The summed E-state index contributed by atoms with van der Waals surface area (Å²) in [7, 11) is 0. The van der Waals surface area contributed by atoms with Gasteiger partial charge in [0, 0.05) is 19.5 Å². The van der Waals surface area contributed by atoms with E-state index < -0.39 is 0 Å². The van der Waals surface area contributed by atoms with Crippen LogP contribution in [0, 0.1) is 17.8 Å². The molecule has 1 heterocycles. The first kappa shape index (κ1) is 15.3. The summed E-state index contributed by atoms with van der Waals surface area (Å²) in [5.41, 5.74) is 0. The van der Waals surface area contributed by atoms with Gasteiger partial charge in [0.25, 0.3) is 0 Å². The maximum Gasteiger partial charge on any atom is 0.245 e. The molecule has 1 aliphatic heterocycles. The topological polar surface area (TPSA) is 49.4 Å². The summed E-state index contributed by atoms with van der Waals surface area (Å²) in [5.74, 6) is 1.97. The molecule has 0 aromatic carbocycles. The summed E-state index contributed by atoms with van der Waals surface area (Å²) >= 11 is 0. The van der Waals surface area contributed by atoms with E-state index in [2.05, 4.69) is 26.1 Å². The van der Waals surface area contributed by atoms with Crippen molar-refractivity contribution in [2.75, 3.05) is 13.1 Å². The van der Waals surface area contributed by atoms with Crippen LogP contribution in [-0.4, -0.2) is 35.8 Å². The Labute approximate surface area is 122 Å². The highest BCUT2D eigenvalue weighted by molar-refractivity contribution is 5.89. The third-order valence-corrected chi connectivity index (χ3v) is 4.54. The van der Waals surface area contributed by atoms with Crippen LogP contribution in [0.5, 0.6) is 0 Å². The molecule has 20 heavy (non-hydrogen) atoms. The number of hydrogen-bond acceptors (Lipinski definition) is 2. The second-order valence-corrected chi connectivity index (χ2v) is 7.07. The highest BCUT2D eigenvalue weighted by Gasteiger charge is 2.32. The first-order chi connectivity index (χ1) is 9.45. The van der Waals surface area contributed by atoms with Crippen molar-refractivity contribution in [2.45, 2.75) is 58.9 Å². The number of rotatable bonds is 4. The Kier molecular flexibility index (Phi) is 5.06. The van der Waals surface area contributed by atoms with Crippen LogP contribution in [0.4, 0.5) is 0 Å². The van der Waals surface area contributed by atoms with E-state index in [0.29, 0.717) is 24.8 Å². The number of amides is 2. The van der Waals surface area contributed by atoms with Crippen LogP contribution in [-0.2, 0) is 9.59 Å². The van der Waals surface area contributed by atoms with Gasteiger partial charge in [-0.25, -0.2) is 0 Å². The van der Waals surface area contributed by atoms with E-state index in [1.54, 1.807) is 0 Å². The molecule has 1 N–H and O–H groups in total. The van der Waals surface area contributed by atoms with Gasteiger partial charge in [0.05, 0.1) is 0 Å². The second kappa shape index (κ2) is 6.59. The van der Waals surface area contributed by atoms with Crippen molar-refractivity contribution in [3.63, 3.8) is 0 Å². The van der Waals surface area contributed by atoms with Gasteiger partial charge in [0.1, 0.15) is 6.04 Å².